The van der Waals surface area contributed by atoms with Crippen LogP contribution in [0.4, 0.5) is 5.82 Å². The number of benzene rings is 1. The van der Waals surface area contributed by atoms with Gasteiger partial charge in [-0.3, -0.25) is 4.79 Å². The number of halogens is 1. The molecule has 0 aliphatic carbocycles. The van der Waals surface area contributed by atoms with E-state index < -0.39 is 5.63 Å². The Morgan fingerprint density at radius 3 is 2.82 bits per heavy atom. The molecule has 2 aromatic heterocycles. The SMILES string of the molecule is C=C(C)COc1cc2oc(=O)c(CC(=O)Nc3ccccn3)c(C)c2cc1Cl. The predicted molar refractivity (Wildman–Crippen MR) is 109 cm³/mol. The Kier molecular flexibility index (Phi) is 5.80. The van der Waals surface area contributed by atoms with Crippen LogP contribution in [-0.2, 0) is 11.2 Å². The predicted octanol–water partition coefficient (Wildman–Crippen LogP) is 4.29. The quantitative estimate of drug-likeness (QED) is 0.495. The van der Waals surface area contributed by atoms with Crippen LogP contribution in [0.25, 0.3) is 11.0 Å². The Hall–Kier alpha value is -3.12. The van der Waals surface area contributed by atoms with Gasteiger partial charge in [0.15, 0.2) is 0 Å². The highest BCUT2D eigenvalue weighted by atomic mass is 35.5. The summed E-state index contributed by atoms with van der Waals surface area (Å²) in [4.78, 5) is 28.8. The highest BCUT2D eigenvalue weighted by Crippen LogP contribution is 2.32. The number of ether oxygens (including phenoxy) is 1. The number of hydrogen-bond donors (Lipinski definition) is 1. The highest BCUT2D eigenvalue weighted by molar-refractivity contribution is 6.32. The van der Waals surface area contributed by atoms with Crippen molar-refractivity contribution in [2.45, 2.75) is 20.3 Å². The van der Waals surface area contributed by atoms with Gasteiger partial charge in [0.2, 0.25) is 5.91 Å². The second-order valence-electron chi connectivity index (χ2n) is 6.46. The van der Waals surface area contributed by atoms with Crippen LogP contribution in [0.3, 0.4) is 0 Å². The van der Waals surface area contributed by atoms with Gasteiger partial charge in [0.25, 0.3) is 0 Å². The molecule has 0 aliphatic rings. The average Bonchev–Trinajstić information content (AvgIpc) is 2.65. The number of rotatable bonds is 6. The summed E-state index contributed by atoms with van der Waals surface area (Å²) in [5.41, 5.74) is 1.51. The largest absolute Gasteiger partial charge is 0.488 e. The Morgan fingerprint density at radius 1 is 1.36 bits per heavy atom. The zero-order valence-corrected chi connectivity index (χ0v) is 16.3. The normalized spacial score (nSPS) is 10.7. The molecule has 144 valence electrons. The molecule has 0 spiro atoms. The van der Waals surface area contributed by atoms with Gasteiger partial charge >= 0.3 is 5.63 Å². The number of anilines is 1. The number of fused-ring (bicyclic) bond motifs is 1. The molecule has 0 saturated carbocycles. The molecule has 0 atom stereocenters. The number of carbonyl (C=O) groups excluding carboxylic acids is 1. The van der Waals surface area contributed by atoms with Crippen molar-refractivity contribution in [2.75, 3.05) is 11.9 Å². The van der Waals surface area contributed by atoms with Crippen molar-refractivity contribution >= 4 is 34.3 Å². The molecule has 3 aromatic rings. The standard InChI is InChI=1S/C21H19ClN2O4/c1-12(2)11-27-18-10-17-14(8-16(18)22)13(3)15(21(26)28-17)9-20(25)24-19-6-4-5-7-23-19/h4-8,10H,1,9,11H2,2-3H3,(H,23,24,25). The molecule has 1 aromatic carbocycles. The average molecular weight is 399 g/mol. The van der Waals surface area contributed by atoms with Crippen LogP contribution in [0.15, 0.2) is 57.9 Å². The maximum atomic E-state index is 12.5. The van der Waals surface area contributed by atoms with Crippen molar-refractivity contribution in [1.29, 1.82) is 0 Å². The smallest absolute Gasteiger partial charge is 0.340 e. The van der Waals surface area contributed by atoms with Crippen molar-refractivity contribution < 1.29 is 13.9 Å². The van der Waals surface area contributed by atoms with Crippen LogP contribution in [0, 0.1) is 6.92 Å². The maximum Gasteiger partial charge on any atom is 0.340 e. The summed E-state index contributed by atoms with van der Waals surface area (Å²) in [6.45, 7) is 7.67. The molecule has 28 heavy (non-hydrogen) atoms. The molecule has 1 N–H and O–H groups in total. The van der Waals surface area contributed by atoms with Crippen LogP contribution in [0.5, 0.6) is 5.75 Å². The van der Waals surface area contributed by atoms with Gasteiger partial charge in [-0.05, 0) is 43.2 Å². The molecular formula is C21H19ClN2O4. The summed E-state index contributed by atoms with van der Waals surface area (Å²) in [6, 6.07) is 8.42. The minimum absolute atomic E-state index is 0.133. The molecule has 0 radical (unpaired) electrons. The molecule has 0 bridgehead atoms. The van der Waals surface area contributed by atoms with E-state index in [0.717, 1.165) is 5.57 Å². The Labute approximate surface area is 166 Å². The zero-order chi connectivity index (χ0) is 20.3. The summed E-state index contributed by atoms with van der Waals surface area (Å²) in [7, 11) is 0. The zero-order valence-electron chi connectivity index (χ0n) is 15.5. The second-order valence-corrected chi connectivity index (χ2v) is 6.86. The third-order valence-electron chi connectivity index (χ3n) is 4.08. The number of pyridine rings is 1. The lowest BCUT2D eigenvalue weighted by atomic mass is 10.0. The summed E-state index contributed by atoms with van der Waals surface area (Å²) in [5.74, 6) is 0.457. The van der Waals surface area contributed by atoms with Gasteiger partial charge in [-0.1, -0.05) is 24.2 Å². The first-order valence-electron chi connectivity index (χ1n) is 8.59. The maximum absolute atomic E-state index is 12.5. The van der Waals surface area contributed by atoms with E-state index in [4.69, 9.17) is 20.8 Å². The summed E-state index contributed by atoms with van der Waals surface area (Å²) in [6.07, 6.45) is 1.44. The first kappa shape index (κ1) is 19.6. The third kappa shape index (κ3) is 4.40. The molecular weight excluding hydrogens is 380 g/mol. The van der Waals surface area contributed by atoms with E-state index in [1.54, 1.807) is 43.5 Å². The molecule has 6 nitrogen and oxygen atoms in total. The molecule has 1 amide bonds. The lowest BCUT2D eigenvalue weighted by Gasteiger charge is -2.12. The van der Waals surface area contributed by atoms with Crippen molar-refractivity contribution in [3.8, 4) is 5.75 Å². The van der Waals surface area contributed by atoms with Crippen LogP contribution in [-0.4, -0.2) is 17.5 Å². The number of amides is 1. The number of aryl methyl sites for hydroxylation is 1. The molecule has 7 heteroatoms. The Bertz CT molecular complexity index is 1110. The summed E-state index contributed by atoms with van der Waals surface area (Å²) < 4.78 is 11.0. The summed E-state index contributed by atoms with van der Waals surface area (Å²) >= 11 is 6.30. The van der Waals surface area contributed by atoms with Crippen LogP contribution in [0.1, 0.15) is 18.1 Å². The first-order chi connectivity index (χ1) is 13.3. The Balaban J connectivity index is 1.91. The van der Waals surface area contributed by atoms with Crippen molar-refractivity contribution in [2.24, 2.45) is 0 Å². The van der Waals surface area contributed by atoms with Gasteiger partial charge in [-0.2, -0.15) is 0 Å². The number of nitrogens with zero attached hydrogens (tertiary/aromatic N) is 1. The number of carbonyl (C=O) groups is 1. The molecule has 0 fully saturated rings. The van der Waals surface area contributed by atoms with Gasteiger partial charge in [0.05, 0.1) is 17.0 Å². The number of aromatic nitrogens is 1. The fourth-order valence-electron chi connectivity index (χ4n) is 2.69. The summed E-state index contributed by atoms with van der Waals surface area (Å²) in [5, 5.41) is 3.69. The molecule has 0 saturated heterocycles. The first-order valence-corrected chi connectivity index (χ1v) is 8.97. The van der Waals surface area contributed by atoms with Crippen molar-refractivity contribution in [3.05, 3.63) is 75.3 Å². The molecule has 3 rings (SSSR count). The van der Waals surface area contributed by atoms with Crippen LogP contribution >= 0.6 is 11.6 Å². The van der Waals surface area contributed by atoms with E-state index in [1.807, 2.05) is 6.92 Å². The third-order valence-corrected chi connectivity index (χ3v) is 4.38. The number of nitrogens with one attached hydrogen (secondary N) is 1. The van der Waals surface area contributed by atoms with E-state index in [9.17, 15) is 9.59 Å². The van der Waals surface area contributed by atoms with Gasteiger partial charge in [0, 0.05) is 17.6 Å². The van der Waals surface area contributed by atoms with E-state index in [0.29, 0.717) is 39.7 Å². The Morgan fingerprint density at radius 2 is 2.14 bits per heavy atom. The van der Waals surface area contributed by atoms with E-state index >= 15 is 0 Å². The van der Waals surface area contributed by atoms with Crippen LogP contribution in [0.2, 0.25) is 5.02 Å². The lowest BCUT2D eigenvalue weighted by molar-refractivity contribution is -0.115. The number of hydrogen-bond acceptors (Lipinski definition) is 5. The molecule has 2 heterocycles. The van der Waals surface area contributed by atoms with Crippen molar-refractivity contribution in [3.63, 3.8) is 0 Å². The minimum atomic E-state index is -0.575. The van der Waals surface area contributed by atoms with Gasteiger partial charge < -0.3 is 14.5 Å². The fourth-order valence-corrected chi connectivity index (χ4v) is 2.91. The minimum Gasteiger partial charge on any atom is -0.488 e. The van der Waals surface area contributed by atoms with Gasteiger partial charge in [-0.15, -0.1) is 0 Å². The monoisotopic (exact) mass is 398 g/mol. The topological polar surface area (TPSA) is 81.4 Å². The van der Waals surface area contributed by atoms with E-state index in [-0.39, 0.29) is 17.9 Å². The van der Waals surface area contributed by atoms with Crippen LogP contribution < -0.4 is 15.7 Å². The lowest BCUT2D eigenvalue weighted by Crippen LogP contribution is -2.21. The second kappa shape index (κ2) is 8.27. The molecule has 0 unspecified atom stereocenters. The van der Waals surface area contributed by atoms with Gasteiger partial charge in [0.1, 0.15) is 23.8 Å². The van der Waals surface area contributed by atoms with Crippen molar-refractivity contribution in [1.82, 2.24) is 4.98 Å². The molecule has 0 aliphatic heterocycles. The fraction of sp³-hybridized carbons (Fsp3) is 0.190. The van der Waals surface area contributed by atoms with E-state index in [2.05, 4.69) is 16.9 Å². The van der Waals surface area contributed by atoms with Gasteiger partial charge in [-0.25, -0.2) is 9.78 Å². The van der Waals surface area contributed by atoms with E-state index in [1.165, 1.54) is 0 Å². The highest BCUT2D eigenvalue weighted by Gasteiger charge is 2.17.